The van der Waals surface area contributed by atoms with Crippen molar-refractivity contribution in [3.05, 3.63) is 59.7 Å². The fraction of sp³-hybridized carbons (Fsp3) is 0.381. The fourth-order valence-electron chi connectivity index (χ4n) is 2.78. The molecule has 0 saturated carbocycles. The van der Waals surface area contributed by atoms with Gasteiger partial charge in [0.1, 0.15) is 0 Å². The molecule has 1 N–H and O–H groups in total. The van der Waals surface area contributed by atoms with Gasteiger partial charge in [-0.25, -0.2) is 0 Å². The van der Waals surface area contributed by atoms with Crippen LogP contribution in [0.4, 0.5) is 11.4 Å². The summed E-state index contributed by atoms with van der Waals surface area (Å²) in [4.78, 5) is 14.4. The molecule has 2 aromatic carbocycles. The maximum atomic E-state index is 12.1. The Hall–Kier alpha value is -2.29. The topological polar surface area (TPSA) is 32.3 Å². The van der Waals surface area contributed by atoms with E-state index in [1.165, 1.54) is 16.8 Å². The van der Waals surface area contributed by atoms with Crippen molar-refractivity contribution in [1.29, 1.82) is 0 Å². The monoisotopic (exact) mass is 324 g/mol. The molecule has 0 bridgehead atoms. The lowest BCUT2D eigenvalue weighted by Crippen LogP contribution is -2.21. The van der Waals surface area contributed by atoms with E-state index in [1.807, 2.05) is 12.1 Å². The van der Waals surface area contributed by atoms with Gasteiger partial charge >= 0.3 is 0 Å². The summed E-state index contributed by atoms with van der Waals surface area (Å²) < 4.78 is 0. The van der Waals surface area contributed by atoms with Crippen molar-refractivity contribution in [1.82, 2.24) is 0 Å². The standard InChI is InChI=1S/C21H28N2O/c1-4-23(5-2)20-15-13-19(14-16-20)22-21(24)8-6-7-18-11-9-17(3)10-12-18/h9-16H,4-8H2,1-3H3,(H,22,24). The van der Waals surface area contributed by atoms with Crippen molar-refractivity contribution in [2.75, 3.05) is 23.3 Å². The van der Waals surface area contributed by atoms with Gasteiger partial charge in [0.15, 0.2) is 0 Å². The molecular formula is C21H28N2O. The Morgan fingerprint density at radius 1 is 0.958 bits per heavy atom. The molecule has 0 heterocycles. The molecule has 0 saturated heterocycles. The fourth-order valence-corrected chi connectivity index (χ4v) is 2.78. The average Bonchev–Trinajstić information content (AvgIpc) is 2.59. The van der Waals surface area contributed by atoms with Gasteiger partial charge in [-0.05, 0) is 63.4 Å². The summed E-state index contributed by atoms with van der Waals surface area (Å²) in [7, 11) is 0. The molecule has 0 fully saturated rings. The molecule has 0 spiro atoms. The highest BCUT2D eigenvalue weighted by atomic mass is 16.1. The molecule has 3 nitrogen and oxygen atoms in total. The summed E-state index contributed by atoms with van der Waals surface area (Å²) in [5, 5.41) is 2.98. The van der Waals surface area contributed by atoms with Gasteiger partial charge in [0.25, 0.3) is 0 Å². The van der Waals surface area contributed by atoms with E-state index < -0.39 is 0 Å². The molecule has 0 unspecified atom stereocenters. The second kappa shape index (κ2) is 9.11. The van der Waals surface area contributed by atoms with Crippen molar-refractivity contribution in [2.45, 2.75) is 40.0 Å². The van der Waals surface area contributed by atoms with Gasteiger partial charge < -0.3 is 10.2 Å². The highest BCUT2D eigenvalue weighted by molar-refractivity contribution is 5.90. The van der Waals surface area contributed by atoms with Crippen molar-refractivity contribution >= 4 is 17.3 Å². The van der Waals surface area contributed by atoms with Gasteiger partial charge in [0, 0.05) is 30.9 Å². The third-order valence-electron chi connectivity index (χ3n) is 4.27. The van der Waals surface area contributed by atoms with E-state index in [4.69, 9.17) is 0 Å². The van der Waals surface area contributed by atoms with Crippen LogP contribution in [0.15, 0.2) is 48.5 Å². The van der Waals surface area contributed by atoms with E-state index in [0.29, 0.717) is 6.42 Å². The predicted octanol–water partition coefficient (Wildman–Crippen LogP) is 4.80. The smallest absolute Gasteiger partial charge is 0.224 e. The van der Waals surface area contributed by atoms with Crippen LogP contribution in [0.3, 0.4) is 0 Å². The maximum absolute atomic E-state index is 12.1. The Labute approximate surface area is 145 Å². The van der Waals surface area contributed by atoms with E-state index in [2.05, 4.69) is 67.4 Å². The third kappa shape index (κ3) is 5.41. The van der Waals surface area contributed by atoms with Crippen LogP contribution < -0.4 is 10.2 Å². The first-order chi connectivity index (χ1) is 11.6. The molecule has 0 aliphatic rings. The summed E-state index contributed by atoms with van der Waals surface area (Å²) in [6, 6.07) is 16.6. The number of hydrogen-bond donors (Lipinski definition) is 1. The van der Waals surface area contributed by atoms with E-state index in [-0.39, 0.29) is 5.91 Å². The normalized spacial score (nSPS) is 10.5. The van der Waals surface area contributed by atoms with Gasteiger partial charge in [0.2, 0.25) is 5.91 Å². The minimum atomic E-state index is 0.0812. The molecule has 0 aliphatic carbocycles. The van der Waals surface area contributed by atoms with E-state index in [9.17, 15) is 4.79 Å². The van der Waals surface area contributed by atoms with Crippen LogP contribution in [-0.2, 0) is 11.2 Å². The molecule has 0 atom stereocenters. The van der Waals surface area contributed by atoms with Crippen molar-refractivity contribution in [2.24, 2.45) is 0 Å². The number of aryl methyl sites for hydroxylation is 2. The molecule has 3 heteroatoms. The van der Waals surface area contributed by atoms with Gasteiger partial charge in [-0.3, -0.25) is 4.79 Å². The van der Waals surface area contributed by atoms with E-state index in [1.54, 1.807) is 0 Å². The molecule has 128 valence electrons. The van der Waals surface area contributed by atoms with Gasteiger partial charge in [-0.2, -0.15) is 0 Å². The minimum absolute atomic E-state index is 0.0812. The van der Waals surface area contributed by atoms with E-state index >= 15 is 0 Å². The largest absolute Gasteiger partial charge is 0.372 e. The Bertz CT molecular complexity index is 628. The lowest BCUT2D eigenvalue weighted by Gasteiger charge is -2.21. The predicted molar refractivity (Wildman–Crippen MR) is 103 cm³/mol. The summed E-state index contributed by atoms with van der Waals surface area (Å²) in [6.07, 6.45) is 2.35. The molecule has 0 radical (unpaired) electrons. The summed E-state index contributed by atoms with van der Waals surface area (Å²) in [6.45, 7) is 8.35. The molecule has 24 heavy (non-hydrogen) atoms. The number of anilines is 2. The highest BCUT2D eigenvalue weighted by Crippen LogP contribution is 2.18. The van der Waals surface area contributed by atoms with Crippen LogP contribution in [0.5, 0.6) is 0 Å². The number of nitrogens with zero attached hydrogens (tertiary/aromatic N) is 1. The maximum Gasteiger partial charge on any atom is 0.224 e. The third-order valence-corrected chi connectivity index (χ3v) is 4.27. The van der Waals surface area contributed by atoms with Crippen LogP contribution in [-0.4, -0.2) is 19.0 Å². The second-order valence-corrected chi connectivity index (χ2v) is 6.11. The molecular weight excluding hydrogens is 296 g/mol. The number of amides is 1. The summed E-state index contributed by atoms with van der Waals surface area (Å²) in [5.74, 6) is 0.0812. The van der Waals surface area contributed by atoms with Crippen molar-refractivity contribution in [3.63, 3.8) is 0 Å². The first-order valence-corrected chi connectivity index (χ1v) is 8.82. The van der Waals surface area contributed by atoms with E-state index in [0.717, 1.165) is 31.6 Å². The number of carbonyl (C=O) groups excluding carboxylic acids is 1. The van der Waals surface area contributed by atoms with Crippen LogP contribution in [0.25, 0.3) is 0 Å². The number of nitrogens with one attached hydrogen (secondary N) is 1. The van der Waals surface area contributed by atoms with Crippen LogP contribution in [0.1, 0.15) is 37.8 Å². The zero-order valence-corrected chi connectivity index (χ0v) is 15.0. The zero-order chi connectivity index (χ0) is 17.4. The van der Waals surface area contributed by atoms with Gasteiger partial charge in [0.05, 0.1) is 0 Å². The van der Waals surface area contributed by atoms with Crippen molar-refractivity contribution < 1.29 is 4.79 Å². The van der Waals surface area contributed by atoms with Gasteiger partial charge in [-0.15, -0.1) is 0 Å². The minimum Gasteiger partial charge on any atom is -0.372 e. The summed E-state index contributed by atoms with van der Waals surface area (Å²) >= 11 is 0. The van der Waals surface area contributed by atoms with Gasteiger partial charge in [-0.1, -0.05) is 29.8 Å². The lowest BCUT2D eigenvalue weighted by atomic mass is 10.1. The molecule has 0 aromatic heterocycles. The Morgan fingerprint density at radius 3 is 2.17 bits per heavy atom. The molecule has 2 aromatic rings. The van der Waals surface area contributed by atoms with Crippen LogP contribution >= 0.6 is 0 Å². The Balaban J connectivity index is 1.78. The first-order valence-electron chi connectivity index (χ1n) is 8.82. The number of carbonyl (C=O) groups is 1. The molecule has 0 aliphatic heterocycles. The first kappa shape index (κ1) is 18.1. The Kier molecular flexibility index (Phi) is 6.86. The summed E-state index contributed by atoms with van der Waals surface area (Å²) in [5.41, 5.74) is 4.62. The molecule has 1 amide bonds. The average molecular weight is 324 g/mol. The zero-order valence-electron chi connectivity index (χ0n) is 15.0. The number of hydrogen-bond acceptors (Lipinski definition) is 2. The molecule has 2 rings (SSSR count). The SMILES string of the molecule is CCN(CC)c1ccc(NC(=O)CCCc2ccc(C)cc2)cc1. The second-order valence-electron chi connectivity index (χ2n) is 6.11. The van der Waals surface area contributed by atoms with Crippen molar-refractivity contribution in [3.8, 4) is 0 Å². The quantitative estimate of drug-likeness (QED) is 0.756. The number of rotatable bonds is 8. The Morgan fingerprint density at radius 2 is 1.58 bits per heavy atom. The number of benzene rings is 2. The lowest BCUT2D eigenvalue weighted by molar-refractivity contribution is -0.116. The van der Waals surface area contributed by atoms with Crippen LogP contribution in [0.2, 0.25) is 0 Å². The van der Waals surface area contributed by atoms with Crippen LogP contribution in [0, 0.1) is 6.92 Å². The highest BCUT2D eigenvalue weighted by Gasteiger charge is 2.05.